The van der Waals surface area contributed by atoms with Crippen molar-refractivity contribution in [1.82, 2.24) is 10.6 Å². The summed E-state index contributed by atoms with van der Waals surface area (Å²) >= 11 is 4.84. The lowest BCUT2D eigenvalue weighted by atomic mass is 10.00. The summed E-state index contributed by atoms with van der Waals surface area (Å²) in [6.07, 6.45) is 1.47. The molecule has 0 bridgehead atoms. The molecule has 0 spiro atoms. The molecule has 4 rings (SSSR count). The minimum atomic E-state index is -0.594. The lowest BCUT2D eigenvalue weighted by molar-refractivity contribution is -0.384. The fourth-order valence-corrected chi connectivity index (χ4v) is 3.36. The normalized spacial score (nSPS) is 13.5. The number of thiocarbonyl (C=S) groups is 1. The first-order chi connectivity index (χ1) is 14.9. The molecule has 0 radical (unpaired) electrons. The van der Waals surface area contributed by atoms with Crippen molar-refractivity contribution in [2.45, 2.75) is 6.61 Å². The molecule has 1 aliphatic heterocycles. The van der Waals surface area contributed by atoms with Crippen molar-refractivity contribution in [1.29, 1.82) is 0 Å². The Hall–Kier alpha value is -4.11. The molecule has 0 saturated carbocycles. The zero-order valence-electron chi connectivity index (χ0n) is 16.0. The summed E-state index contributed by atoms with van der Waals surface area (Å²) in [5, 5.41) is 17.3. The number of nitrogens with zero attached hydrogens (tertiary/aromatic N) is 1. The van der Waals surface area contributed by atoms with Crippen molar-refractivity contribution in [3.63, 3.8) is 0 Å². The van der Waals surface area contributed by atoms with Gasteiger partial charge in [0.2, 0.25) is 0 Å². The monoisotopic (exact) mass is 433 g/mol. The van der Waals surface area contributed by atoms with E-state index in [0.29, 0.717) is 11.3 Å². The maximum atomic E-state index is 12.3. The second-order valence-corrected chi connectivity index (χ2v) is 7.11. The number of carbonyl (C=O) groups excluding carboxylic acids is 2. The lowest BCUT2D eigenvalue weighted by Crippen LogP contribution is -2.51. The summed E-state index contributed by atoms with van der Waals surface area (Å²) in [5.41, 5.74) is 1.20. The number of rotatable bonds is 5. The topological polar surface area (TPSA) is 111 Å². The highest BCUT2D eigenvalue weighted by Crippen LogP contribution is 2.31. The van der Waals surface area contributed by atoms with Crippen LogP contribution in [0.25, 0.3) is 16.8 Å². The zero-order valence-corrected chi connectivity index (χ0v) is 16.8. The van der Waals surface area contributed by atoms with Gasteiger partial charge >= 0.3 is 0 Å². The third-order valence-electron chi connectivity index (χ3n) is 4.70. The van der Waals surface area contributed by atoms with Crippen LogP contribution in [0.5, 0.6) is 5.75 Å². The van der Waals surface area contributed by atoms with Crippen LogP contribution < -0.4 is 15.4 Å². The number of hydrogen-bond acceptors (Lipinski definition) is 6. The van der Waals surface area contributed by atoms with E-state index in [2.05, 4.69) is 10.6 Å². The minimum Gasteiger partial charge on any atom is -0.488 e. The summed E-state index contributed by atoms with van der Waals surface area (Å²) in [5.74, 6) is -0.732. The molecule has 1 heterocycles. The molecule has 1 saturated heterocycles. The standard InChI is InChI=1S/C22H15N3O5S/c26-20-18(21(27)24-22(31)23-20)11-17-16-4-2-1-3-14(16)7-10-19(17)30-12-13-5-8-15(9-6-13)25(28)29/h1-11H,12H2,(H2,23,24,26,27,31). The van der Waals surface area contributed by atoms with Crippen molar-refractivity contribution < 1.29 is 19.2 Å². The number of ether oxygens (including phenoxy) is 1. The molecule has 0 aromatic heterocycles. The predicted molar refractivity (Wildman–Crippen MR) is 118 cm³/mol. The molecule has 154 valence electrons. The Morgan fingerprint density at radius 2 is 1.65 bits per heavy atom. The number of non-ortho nitro benzene ring substituents is 1. The van der Waals surface area contributed by atoms with E-state index in [4.69, 9.17) is 17.0 Å². The summed E-state index contributed by atoms with van der Waals surface area (Å²) < 4.78 is 5.96. The first-order valence-electron chi connectivity index (χ1n) is 9.18. The average molecular weight is 433 g/mol. The summed E-state index contributed by atoms with van der Waals surface area (Å²) in [4.78, 5) is 35.0. The molecule has 1 aliphatic rings. The Balaban J connectivity index is 1.71. The van der Waals surface area contributed by atoms with Gasteiger partial charge in [-0.2, -0.15) is 0 Å². The number of benzene rings is 3. The molecule has 31 heavy (non-hydrogen) atoms. The second kappa shape index (κ2) is 8.33. The molecule has 0 atom stereocenters. The lowest BCUT2D eigenvalue weighted by Gasteiger charge is -2.18. The van der Waals surface area contributed by atoms with Gasteiger partial charge in [-0.3, -0.25) is 30.3 Å². The van der Waals surface area contributed by atoms with Gasteiger partial charge < -0.3 is 4.74 Å². The molecule has 2 N–H and O–H groups in total. The maximum Gasteiger partial charge on any atom is 0.269 e. The third-order valence-corrected chi connectivity index (χ3v) is 4.91. The van der Waals surface area contributed by atoms with E-state index >= 15 is 0 Å². The van der Waals surface area contributed by atoms with Crippen molar-refractivity contribution >= 4 is 51.7 Å². The fraction of sp³-hybridized carbons (Fsp3) is 0.0455. The van der Waals surface area contributed by atoms with Crippen LogP contribution in [-0.2, 0) is 16.2 Å². The van der Waals surface area contributed by atoms with Gasteiger partial charge in [0.05, 0.1) is 4.92 Å². The van der Waals surface area contributed by atoms with Gasteiger partial charge in [0.15, 0.2) is 5.11 Å². The van der Waals surface area contributed by atoms with E-state index in [9.17, 15) is 19.7 Å². The number of nitro groups is 1. The highest BCUT2D eigenvalue weighted by molar-refractivity contribution is 7.80. The first-order valence-corrected chi connectivity index (χ1v) is 9.59. The molecule has 1 fully saturated rings. The van der Waals surface area contributed by atoms with E-state index < -0.39 is 16.7 Å². The maximum absolute atomic E-state index is 12.3. The van der Waals surface area contributed by atoms with Gasteiger partial charge in [-0.1, -0.05) is 30.3 Å². The van der Waals surface area contributed by atoms with E-state index in [1.807, 2.05) is 30.3 Å². The van der Waals surface area contributed by atoms with Gasteiger partial charge in [0, 0.05) is 17.7 Å². The van der Waals surface area contributed by atoms with Crippen LogP contribution in [0.2, 0.25) is 0 Å². The number of carbonyl (C=O) groups is 2. The van der Waals surface area contributed by atoms with Crippen LogP contribution >= 0.6 is 12.2 Å². The van der Waals surface area contributed by atoms with Gasteiger partial charge in [0.1, 0.15) is 17.9 Å². The summed E-state index contributed by atoms with van der Waals surface area (Å²) in [7, 11) is 0. The number of amides is 2. The van der Waals surface area contributed by atoms with Crippen LogP contribution in [0.3, 0.4) is 0 Å². The highest BCUT2D eigenvalue weighted by atomic mass is 32.1. The minimum absolute atomic E-state index is 0.00730. The Morgan fingerprint density at radius 1 is 0.968 bits per heavy atom. The van der Waals surface area contributed by atoms with Gasteiger partial charge in [-0.25, -0.2) is 0 Å². The van der Waals surface area contributed by atoms with Crippen molar-refractivity contribution in [3.8, 4) is 5.75 Å². The van der Waals surface area contributed by atoms with Crippen molar-refractivity contribution in [3.05, 3.63) is 87.5 Å². The van der Waals surface area contributed by atoms with Crippen LogP contribution in [0, 0.1) is 10.1 Å². The Labute approximate surface area is 181 Å². The second-order valence-electron chi connectivity index (χ2n) is 6.71. The molecular weight excluding hydrogens is 418 g/mol. The van der Waals surface area contributed by atoms with Crippen LogP contribution in [-0.4, -0.2) is 21.9 Å². The fourth-order valence-electron chi connectivity index (χ4n) is 3.18. The molecule has 0 aliphatic carbocycles. The summed E-state index contributed by atoms with van der Waals surface area (Å²) in [6.45, 7) is 0.148. The Bertz CT molecular complexity index is 1250. The number of nitrogens with one attached hydrogen (secondary N) is 2. The SMILES string of the molecule is O=C1NC(=S)NC(=O)C1=Cc1c(OCc2ccc([N+](=O)[O-])cc2)ccc2ccccc12. The molecule has 2 amide bonds. The number of hydrogen-bond donors (Lipinski definition) is 2. The molecule has 3 aromatic rings. The zero-order chi connectivity index (χ0) is 22.0. The largest absolute Gasteiger partial charge is 0.488 e. The molecule has 8 nitrogen and oxygen atoms in total. The van der Waals surface area contributed by atoms with E-state index in [1.165, 1.54) is 18.2 Å². The molecule has 0 unspecified atom stereocenters. The first kappa shape index (κ1) is 20.2. The Morgan fingerprint density at radius 3 is 2.32 bits per heavy atom. The highest BCUT2D eigenvalue weighted by Gasteiger charge is 2.26. The smallest absolute Gasteiger partial charge is 0.269 e. The quantitative estimate of drug-likeness (QED) is 0.210. The van der Waals surface area contributed by atoms with Gasteiger partial charge in [0.25, 0.3) is 17.5 Å². The van der Waals surface area contributed by atoms with Crippen molar-refractivity contribution in [2.24, 2.45) is 0 Å². The van der Waals surface area contributed by atoms with Crippen molar-refractivity contribution in [2.75, 3.05) is 0 Å². The van der Waals surface area contributed by atoms with E-state index in [1.54, 1.807) is 18.2 Å². The van der Waals surface area contributed by atoms with Crippen LogP contribution in [0.1, 0.15) is 11.1 Å². The third kappa shape index (κ3) is 4.26. The van der Waals surface area contributed by atoms with E-state index in [0.717, 1.165) is 16.3 Å². The molecule has 9 heteroatoms. The van der Waals surface area contributed by atoms with Crippen LogP contribution in [0.4, 0.5) is 5.69 Å². The summed E-state index contributed by atoms with van der Waals surface area (Å²) in [6, 6.07) is 17.2. The Kier molecular flexibility index (Phi) is 5.42. The average Bonchev–Trinajstić information content (AvgIpc) is 2.75. The van der Waals surface area contributed by atoms with Gasteiger partial charge in [-0.05, 0) is 52.8 Å². The number of nitro benzene ring substituents is 1. The molecular formula is C22H15N3O5S. The number of fused-ring (bicyclic) bond motifs is 1. The predicted octanol–water partition coefficient (Wildman–Crippen LogP) is 3.24. The van der Waals surface area contributed by atoms with Crippen LogP contribution in [0.15, 0.2) is 66.2 Å². The molecule has 3 aromatic carbocycles. The van der Waals surface area contributed by atoms with Gasteiger partial charge in [-0.15, -0.1) is 0 Å². The van der Waals surface area contributed by atoms with E-state index in [-0.39, 0.29) is 23.0 Å².